The molecule has 0 fully saturated rings. The van der Waals surface area contributed by atoms with Gasteiger partial charge in [-0.1, -0.05) is 368 Å². The third-order valence-corrected chi connectivity index (χ3v) is 22.7. The quantitative estimate of drug-likeness (QED) is 0.165. The van der Waals surface area contributed by atoms with Crippen LogP contribution in [0.2, 0.25) is 0 Å². The maximum absolute atomic E-state index is 2.49. The highest BCUT2D eigenvalue weighted by molar-refractivity contribution is 5.94. The Labute approximate surface area is 640 Å². The Morgan fingerprint density at radius 1 is 0.219 bits per heavy atom. The summed E-state index contributed by atoms with van der Waals surface area (Å²) in [6, 6.07) is 69.0. The smallest absolute Gasteiger partial charge is 0.00742 e. The molecule has 0 aliphatic carbocycles. The Morgan fingerprint density at radius 2 is 0.457 bits per heavy atom. The first-order valence-corrected chi connectivity index (χ1v) is 39.6. The molecular formula is C105H138. The van der Waals surface area contributed by atoms with Gasteiger partial charge in [0, 0.05) is 0 Å². The minimum atomic E-state index is 0.174. The van der Waals surface area contributed by atoms with E-state index in [1.165, 1.54) is 172 Å². The molecule has 0 aromatic heterocycles. The number of benzene rings is 12. The molecule has 0 atom stereocenters. The van der Waals surface area contributed by atoms with Gasteiger partial charge >= 0.3 is 0 Å². The maximum atomic E-state index is 2.49. The van der Waals surface area contributed by atoms with Gasteiger partial charge in [0.25, 0.3) is 0 Å². The van der Waals surface area contributed by atoms with Crippen molar-refractivity contribution in [3.63, 3.8) is 0 Å². The van der Waals surface area contributed by atoms with E-state index in [0.717, 1.165) is 0 Å². The Bertz CT molecular complexity index is 4890. The molecule has 0 aliphatic heterocycles. The fourth-order valence-electron chi connectivity index (χ4n) is 16.4. The molecule has 558 valence electrons. The van der Waals surface area contributed by atoms with E-state index in [0.29, 0.717) is 5.92 Å². The van der Waals surface area contributed by atoms with Crippen molar-refractivity contribution in [2.45, 2.75) is 297 Å². The first-order chi connectivity index (χ1) is 48.5. The van der Waals surface area contributed by atoms with Gasteiger partial charge in [0.2, 0.25) is 0 Å². The second kappa shape index (κ2) is 32.7. The number of aryl methyl sites for hydroxylation is 8. The predicted octanol–water partition coefficient (Wildman–Crippen LogP) is 31.8. The predicted molar refractivity (Wildman–Crippen MR) is 475 cm³/mol. The van der Waals surface area contributed by atoms with Crippen molar-refractivity contribution < 1.29 is 0 Å². The molecule has 105 heavy (non-hydrogen) atoms. The van der Waals surface area contributed by atoms with Gasteiger partial charge in [-0.15, -0.1) is 0 Å². The molecule has 12 aromatic rings. The van der Waals surface area contributed by atoms with Gasteiger partial charge in [-0.25, -0.2) is 0 Å². The second-order valence-electron chi connectivity index (χ2n) is 38.4. The van der Waals surface area contributed by atoms with E-state index in [4.69, 9.17) is 0 Å². The summed E-state index contributed by atoms with van der Waals surface area (Å²) in [6.07, 6.45) is 2.36. The summed E-state index contributed by atoms with van der Waals surface area (Å²) in [5.41, 5.74) is 26.3. The number of rotatable bonds is 4. The lowest BCUT2D eigenvalue weighted by atomic mass is 9.72. The van der Waals surface area contributed by atoms with E-state index in [9.17, 15) is 0 Å². The van der Waals surface area contributed by atoms with Crippen molar-refractivity contribution in [3.8, 4) is 0 Å². The van der Waals surface area contributed by atoms with Gasteiger partial charge in [0.15, 0.2) is 0 Å². The second-order valence-corrected chi connectivity index (χ2v) is 38.4. The first-order valence-electron chi connectivity index (χ1n) is 39.6. The van der Waals surface area contributed by atoms with Crippen LogP contribution in [-0.4, -0.2) is 0 Å². The van der Waals surface area contributed by atoms with E-state index in [1.54, 1.807) is 0 Å². The highest BCUT2D eigenvalue weighted by Gasteiger charge is 2.30. The molecule has 12 aromatic carbocycles. The van der Waals surface area contributed by atoms with E-state index in [2.05, 4.69) is 423 Å². The average molecular weight is 1400 g/mol. The highest BCUT2D eigenvalue weighted by atomic mass is 14.3. The van der Waals surface area contributed by atoms with Crippen molar-refractivity contribution in [3.05, 3.63) is 283 Å². The minimum Gasteiger partial charge on any atom is -0.0645 e. The van der Waals surface area contributed by atoms with Crippen LogP contribution in [0.15, 0.2) is 188 Å². The molecule has 0 saturated carbocycles. The normalized spacial score (nSPS) is 12.4. The summed E-state index contributed by atoms with van der Waals surface area (Å²) < 4.78 is 0. The van der Waals surface area contributed by atoms with E-state index in [-0.39, 0.29) is 43.3 Å². The van der Waals surface area contributed by atoms with Crippen LogP contribution < -0.4 is 0 Å². The first kappa shape index (κ1) is 84.5. The highest BCUT2D eigenvalue weighted by Crippen LogP contribution is 2.44. The van der Waals surface area contributed by atoms with Crippen LogP contribution in [0, 0.1) is 55.4 Å². The van der Waals surface area contributed by atoms with Crippen LogP contribution in [0.25, 0.3) is 64.6 Å². The summed E-state index contributed by atoms with van der Waals surface area (Å²) in [5.74, 6) is 0.566. The Morgan fingerprint density at radius 3 is 0.781 bits per heavy atom. The molecule has 0 saturated heterocycles. The molecule has 0 spiro atoms. The molecule has 0 heterocycles. The summed E-state index contributed by atoms with van der Waals surface area (Å²) in [6.45, 7) is 77.7. The van der Waals surface area contributed by atoms with Crippen LogP contribution in [0.3, 0.4) is 0 Å². The summed E-state index contributed by atoms with van der Waals surface area (Å²) in [7, 11) is 0. The van der Waals surface area contributed by atoms with Crippen molar-refractivity contribution in [2.75, 3.05) is 0 Å². The lowest BCUT2D eigenvalue weighted by Gasteiger charge is -2.32. The third kappa shape index (κ3) is 19.5. The average Bonchev–Trinajstić information content (AvgIpc) is 0.787. The monoisotopic (exact) mass is 1400 g/mol. The van der Waals surface area contributed by atoms with Gasteiger partial charge in [-0.3, -0.25) is 0 Å². The van der Waals surface area contributed by atoms with Crippen LogP contribution >= 0.6 is 0 Å². The standard InChI is InChI=1S/C21H30.C19H26.C18H24.2C16H20.C15H18/c1-8-21(7,9-2)19-14-18(20(4,5)6)15(3)16-12-10-11-13-17(16)19;1-13-14-10-8-9-11-15(14)17(19(5,6)7)12-16(13)18(2,3)4;1-12(2)16-11-17(18(4,5)6)13(3)14-9-7-8-10-15(14)16;2*1-11-10-15(16(3,4)5)12(2)14-9-7-6-8-13(11)14;1-11-13-8-6-5-7-12(13)9-10-14(11)15(2,3)4/h10-14H,8-9H2,1-7H3;8-12H,1-7H3;7-12H,1-6H3;2*6-10H,1-5H3;5-10H,1-4H3. The van der Waals surface area contributed by atoms with Crippen LogP contribution in [0.4, 0.5) is 0 Å². The van der Waals surface area contributed by atoms with Gasteiger partial charge < -0.3 is 0 Å². The Kier molecular flexibility index (Phi) is 26.3. The van der Waals surface area contributed by atoms with Crippen molar-refractivity contribution in [1.29, 1.82) is 0 Å². The number of hydrogen-bond acceptors (Lipinski definition) is 0. The van der Waals surface area contributed by atoms with Crippen molar-refractivity contribution >= 4 is 64.6 Å². The summed E-state index contributed by atoms with van der Waals surface area (Å²) in [4.78, 5) is 0. The van der Waals surface area contributed by atoms with Crippen molar-refractivity contribution in [1.82, 2.24) is 0 Å². The molecule has 0 heteroatoms. The molecule has 0 radical (unpaired) electrons. The molecular weight excluding hydrogens is 1260 g/mol. The summed E-state index contributed by atoms with van der Waals surface area (Å²) in [5, 5.41) is 16.8. The van der Waals surface area contributed by atoms with Gasteiger partial charge in [0.05, 0.1) is 0 Å². The zero-order valence-corrected chi connectivity index (χ0v) is 72.4. The molecule has 0 amide bonds. The Balaban J connectivity index is 0.000000177. The Hall–Kier alpha value is -7.80. The van der Waals surface area contributed by atoms with Gasteiger partial charge in [-0.2, -0.15) is 0 Å². The molecule has 0 nitrogen and oxygen atoms in total. The topological polar surface area (TPSA) is 0 Å². The van der Waals surface area contributed by atoms with E-state index in [1.807, 2.05) is 0 Å². The largest absolute Gasteiger partial charge is 0.0645 e. The molecule has 0 bridgehead atoms. The SMILES string of the molecule is CCC(C)(CC)c1cc(C(C)(C)C)c(C)c2ccccc12.Cc1c(C(C)(C)C)cc(C(C)(C)C)c2ccccc12.Cc1c(C(C)(C)C)cc(C(C)C)c2ccccc12.Cc1c(C(C)(C)C)ccc2ccccc12.Cc1cc(C(C)(C)C)c(C)c2ccccc12.Cc1cc(C(C)(C)C)c(C)c2ccccc12. The van der Waals surface area contributed by atoms with Crippen molar-refractivity contribution in [2.24, 2.45) is 0 Å². The minimum absolute atomic E-state index is 0.174. The van der Waals surface area contributed by atoms with Gasteiger partial charge in [-0.05, 0) is 277 Å². The number of fused-ring (bicyclic) bond motifs is 6. The molecule has 12 rings (SSSR count). The zero-order valence-electron chi connectivity index (χ0n) is 72.4. The van der Waals surface area contributed by atoms with Crippen LogP contribution in [-0.2, 0) is 43.3 Å². The third-order valence-electron chi connectivity index (χ3n) is 22.7. The maximum Gasteiger partial charge on any atom is -0.00742 e. The lowest BCUT2D eigenvalue weighted by molar-refractivity contribution is 0.441. The molecule has 0 unspecified atom stereocenters. The fourth-order valence-corrected chi connectivity index (χ4v) is 16.4. The number of hydrogen-bond donors (Lipinski definition) is 0. The van der Waals surface area contributed by atoms with Gasteiger partial charge in [0.1, 0.15) is 0 Å². The summed E-state index contributed by atoms with van der Waals surface area (Å²) >= 11 is 0. The lowest BCUT2D eigenvalue weighted by Crippen LogP contribution is -2.22. The fraction of sp³-hybridized carbons (Fsp3) is 0.429. The molecule has 0 N–H and O–H groups in total. The van der Waals surface area contributed by atoms with Crippen LogP contribution in [0.5, 0.6) is 0 Å². The van der Waals surface area contributed by atoms with E-state index < -0.39 is 0 Å². The zero-order chi connectivity index (χ0) is 78.7. The van der Waals surface area contributed by atoms with E-state index >= 15 is 0 Å². The van der Waals surface area contributed by atoms with Crippen LogP contribution in [0.1, 0.15) is 293 Å². The molecule has 0 aliphatic rings.